The molecule has 1 rings (SSSR count). The van der Waals surface area contributed by atoms with Gasteiger partial charge in [0.15, 0.2) is 0 Å². The molecule has 0 fully saturated rings. The van der Waals surface area contributed by atoms with E-state index in [2.05, 4.69) is 12.2 Å². The van der Waals surface area contributed by atoms with E-state index in [0.29, 0.717) is 18.7 Å². The lowest BCUT2D eigenvalue weighted by molar-refractivity contribution is 0.0938. The molecule has 0 saturated heterocycles. The number of benzene rings is 1. The van der Waals surface area contributed by atoms with E-state index in [1.165, 1.54) is 0 Å². The lowest BCUT2D eigenvalue weighted by atomic mass is 10.1. The number of carbonyl (C=O) groups is 1. The van der Waals surface area contributed by atoms with Crippen molar-refractivity contribution in [3.8, 4) is 5.75 Å². The van der Waals surface area contributed by atoms with E-state index in [9.17, 15) is 9.90 Å². The molecule has 0 saturated carbocycles. The second kappa shape index (κ2) is 8.53. The Bertz CT molecular complexity index is 404. The summed E-state index contributed by atoms with van der Waals surface area (Å²) >= 11 is 0. The summed E-state index contributed by atoms with van der Waals surface area (Å²) in [5, 5.41) is 12.4. The molecule has 1 aromatic rings. The summed E-state index contributed by atoms with van der Waals surface area (Å²) in [6.45, 7) is 5.98. The smallest absolute Gasteiger partial charge is 0.255 e. The minimum Gasteiger partial charge on any atom is -0.507 e. The third-order valence-electron chi connectivity index (χ3n) is 2.79. The number of aryl methyl sites for hydroxylation is 1. The molecule has 0 unspecified atom stereocenters. The number of aromatic hydroxyl groups is 1. The molecule has 1 amide bonds. The van der Waals surface area contributed by atoms with Crippen LogP contribution in [0.15, 0.2) is 18.2 Å². The highest BCUT2D eigenvalue weighted by atomic mass is 16.5. The molecule has 4 heteroatoms. The molecule has 0 heterocycles. The molecule has 4 nitrogen and oxygen atoms in total. The number of unbranched alkanes of at least 4 members (excludes halogenated alkanes) is 1. The monoisotopic (exact) mass is 265 g/mol. The molecule has 106 valence electrons. The van der Waals surface area contributed by atoms with E-state index in [1.807, 2.05) is 13.0 Å². The molecule has 2 N–H and O–H groups in total. The highest BCUT2D eigenvalue weighted by molar-refractivity contribution is 5.96. The fourth-order valence-electron chi connectivity index (χ4n) is 1.65. The molecule has 19 heavy (non-hydrogen) atoms. The van der Waals surface area contributed by atoms with Crippen molar-refractivity contribution in [2.45, 2.75) is 33.1 Å². The first-order valence-corrected chi connectivity index (χ1v) is 6.80. The summed E-state index contributed by atoms with van der Waals surface area (Å²) in [4.78, 5) is 11.8. The van der Waals surface area contributed by atoms with E-state index in [4.69, 9.17) is 4.74 Å². The molecule has 0 aliphatic heterocycles. The largest absolute Gasteiger partial charge is 0.507 e. The number of phenols is 1. The molecule has 0 atom stereocenters. The minimum atomic E-state index is -0.244. The number of rotatable bonds is 8. The van der Waals surface area contributed by atoms with Crippen LogP contribution in [0.4, 0.5) is 0 Å². The lowest BCUT2D eigenvalue weighted by Crippen LogP contribution is -2.25. The first-order valence-electron chi connectivity index (χ1n) is 6.80. The van der Waals surface area contributed by atoms with E-state index in [0.717, 1.165) is 31.4 Å². The van der Waals surface area contributed by atoms with E-state index >= 15 is 0 Å². The highest BCUT2D eigenvalue weighted by Crippen LogP contribution is 2.17. The van der Waals surface area contributed by atoms with Gasteiger partial charge in [-0.25, -0.2) is 0 Å². The molecule has 0 aliphatic carbocycles. The van der Waals surface area contributed by atoms with Crippen molar-refractivity contribution in [1.82, 2.24) is 5.32 Å². The maximum atomic E-state index is 11.8. The normalized spacial score (nSPS) is 10.4. The van der Waals surface area contributed by atoms with E-state index in [-0.39, 0.29) is 11.7 Å². The van der Waals surface area contributed by atoms with Crippen LogP contribution in [0.5, 0.6) is 5.75 Å². The maximum absolute atomic E-state index is 11.8. The van der Waals surface area contributed by atoms with Crippen molar-refractivity contribution in [1.29, 1.82) is 0 Å². The first kappa shape index (κ1) is 15.5. The summed E-state index contributed by atoms with van der Waals surface area (Å²) in [6.07, 6.45) is 2.98. The Morgan fingerprint density at radius 1 is 1.32 bits per heavy atom. The number of hydrogen-bond acceptors (Lipinski definition) is 3. The zero-order chi connectivity index (χ0) is 14.1. The third-order valence-corrected chi connectivity index (χ3v) is 2.79. The van der Waals surface area contributed by atoms with Crippen molar-refractivity contribution in [3.63, 3.8) is 0 Å². The predicted molar refractivity (Wildman–Crippen MR) is 75.5 cm³/mol. The predicted octanol–water partition coefficient (Wildman–Crippen LogP) is 2.64. The van der Waals surface area contributed by atoms with Crippen molar-refractivity contribution in [3.05, 3.63) is 29.3 Å². The standard InChI is InChI=1S/C15H23NO3/c1-3-4-9-19-10-5-8-16-15(18)13-7-6-12(2)11-14(13)17/h6-7,11,17H,3-5,8-10H2,1-2H3,(H,16,18). The van der Waals surface area contributed by atoms with Gasteiger partial charge >= 0.3 is 0 Å². The maximum Gasteiger partial charge on any atom is 0.255 e. The van der Waals surface area contributed by atoms with Gasteiger partial charge in [0, 0.05) is 19.8 Å². The average Bonchev–Trinajstić information content (AvgIpc) is 2.37. The lowest BCUT2D eigenvalue weighted by Gasteiger charge is -2.07. The van der Waals surface area contributed by atoms with Crippen LogP contribution in [0.25, 0.3) is 0 Å². The van der Waals surface area contributed by atoms with Gasteiger partial charge < -0.3 is 15.2 Å². The Hall–Kier alpha value is -1.55. The van der Waals surface area contributed by atoms with Gasteiger partial charge in [0.05, 0.1) is 5.56 Å². The molecule has 0 aliphatic rings. The Kier molecular flexibility index (Phi) is 6.97. The molecule has 0 radical (unpaired) electrons. The van der Waals surface area contributed by atoms with Crippen LogP contribution >= 0.6 is 0 Å². The number of nitrogens with one attached hydrogen (secondary N) is 1. The van der Waals surface area contributed by atoms with Crippen LogP contribution in [0.3, 0.4) is 0 Å². The Balaban J connectivity index is 2.24. The van der Waals surface area contributed by atoms with Crippen molar-refractivity contribution >= 4 is 5.91 Å². The summed E-state index contributed by atoms with van der Waals surface area (Å²) in [7, 11) is 0. The molecule has 0 aromatic heterocycles. The van der Waals surface area contributed by atoms with Crippen LogP contribution in [-0.4, -0.2) is 30.8 Å². The van der Waals surface area contributed by atoms with E-state index in [1.54, 1.807) is 12.1 Å². The van der Waals surface area contributed by atoms with Crippen molar-refractivity contribution in [2.75, 3.05) is 19.8 Å². The molecule has 1 aromatic carbocycles. The van der Waals surface area contributed by atoms with Gasteiger partial charge in [-0.3, -0.25) is 4.79 Å². The third kappa shape index (κ3) is 5.75. The number of hydrogen-bond donors (Lipinski definition) is 2. The zero-order valence-corrected chi connectivity index (χ0v) is 11.7. The first-order chi connectivity index (χ1) is 9.15. The van der Waals surface area contributed by atoms with Gasteiger partial charge in [-0.1, -0.05) is 19.4 Å². The zero-order valence-electron chi connectivity index (χ0n) is 11.7. The molecule has 0 spiro atoms. The molecular formula is C15H23NO3. The average molecular weight is 265 g/mol. The Morgan fingerprint density at radius 2 is 2.05 bits per heavy atom. The SMILES string of the molecule is CCCCOCCCNC(=O)c1ccc(C)cc1O. The van der Waals surface area contributed by atoms with Gasteiger partial charge in [0.1, 0.15) is 5.75 Å². The van der Waals surface area contributed by atoms with Gasteiger partial charge in [0.2, 0.25) is 0 Å². The second-order valence-electron chi connectivity index (χ2n) is 4.60. The van der Waals surface area contributed by atoms with Gasteiger partial charge in [-0.05, 0) is 37.5 Å². The Morgan fingerprint density at radius 3 is 2.74 bits per heavy atom. The fraction of sp³-hybridized carbons (Fsp3) is 0.533. The van der Waals surface area contributed by atoms with Crippen molar-refractivity contribution in [2.24, 2.45) is 0 Å². The summed E-state index contributed by atoms with van der Waals surface area (Å²) in [5.74, 6) is -0.220. The van der Waals surface area contributed by atoms with Crippen LogP contribution in [0.1, 0.15) is 42.1 Å². The van der Waals surface area contributed by atoms with E-state index < -0.39 is 0 Å². The van der Waals surface area contributed by atoms with Crippen molar-refractivity contribution < 1.29 is 14.6 Å². The van der Waals surface area contributed by atoms with Gasteiger partial charge in [-0.15, -0.1) is 0 Å². The molecule has 0 bridgehead atoms. The van der Waals surface area contributed by atoms with Crippen LogP contribution < -0.4 is 5.32 Å². The van der Waals surface area contributed by atoms with Crippen LogP contribution in [-0.2, 0) is 4.74 Å². The number of carbonyl (C=O) groups excluding carboxylic acids is 1. The summed E-state index contributed by atoms with van der Waals surface area (Å²) in [6, 6.07) is 5.03. The summed E-state index contributed by atoms with van der Waals surface area (Å²) < 4.78 is 5.40. The van der Waals surface area contributed by atoms with Gasteiger partial charge in [-0.2, -0.15) is 0 Å². The number of phenolic OH excluding ortho intramolecular Hbond substituents is 1. The molecular weight excluding hydrogens is 242 g/mol. The fourth-order valence-corrected chi connectivity index (χ4v) is 1.65. The van der Waals surface area contributed by atoms with Gasteiger partial charge in [0.25, 0.3) is 5.91 Å². The Labute approximate surface area is 114 Å². The second-order valence-corrected chi connectivity index (χ2v) is 4.60. The quantitative estimate of drug-likeness (QED) is 0.710. The van der Waals surface area contributed by atoms with Crippen LogP contribution in [0.2, 0.25) is 0 Å². The van der Waals surface area contributed by atoms with Crippen LogP contribution in [0, 0.1) is 6.92 Å². The minimum absolute atomic E-state index is 0.0247. The summed E-state index contributed by atoms with van der Waals surface area (Å²) in [5.41, 5.74) is 1.25. The number of ether oxygens (including phenoxy) is 1. The number of amides is 1. The highest BCUT2D eigenvalue weighted by Gasteiger charge is 2.09. The topological polar surface area (TPSA) is 58.6 Å².